The van der Waals surface area contributed by atoms with Crippen molar-refractivity contribution in [3.05, 3.63) is 29.8 Å². The normalized spacial score (nSPS) is 40.6. The molecule has 4 rings (SSSR count). The van der Waals surface area contributed by atoms with Crippen molar-refractivity contribution in [2.75, 3.05) is 0 Å². The van der Waals surface area contributed by atoms with E-state index < -0.39 is 4.33 Å². The van der Waals surface area contributed by atoms with Crippen molar-refractivity contribution in [3.8, 4) is 5.75 Å². The molecule has 2 aliphatic heterocycles. The topological polar surface area (TPSA) is 18.5 Å². The molecule has 0 amide bonds. The zero-order valence-corrected chi connectivity index (χ0v) is 17.0. The second-order valence-electron chi connectivity index (χ2n) is 8.94. The van der Waals surface area contributed by atoms with Crippen LogP contribution in [0.2, 0.25) is 0 Å². The second-order valence-corrected chi connectivity index (χ2v) is 10.3. The van der Waals surface area contributed by atoms with Crippen molar-refractivity contribution in [2.45, 2.75) is 75.5 Å². The van der Waals surface area contributed by atoms with Crippen LogP contribution in [0.3, 0.4) is 0 Å². The molecule has 25 heavy (non-hydrogen) atoms. The Bertz CT molecular complexity index is 658. The monoisotopic (exact) mass is 382 g/mol. The molecule has 0 N–H and O–H groups in total. The van der Waals surface area contributed by atoms with Gasteiger partial charge in [0.1, 0.15) is 15.7 Å². The fraction of sp³-hybridized carbons (Fsp3) is 0.714. The Hall–Kier alpha value is -0.440. The van der Waals surface area contributed by atoms with Crippen LogP contribution < -0.4 is 4.74 Å². The first-order valence-electron chi connectivity index (χ1n) is 9.48. The Balaban J connectivity index is 1.59. The zero-order chi connectivity index (χ0) is 18.0. The molecule has 0 bridgehead atoms. The van der Waals surface area contributed by atoms with Gasteiger partial charge in [-0.05, 0) is 45.6 Å². The van der Waals surface area contributed by atoms with Gasteiger partial charge in [-0.2, -0.15) is 0 Å². The van der Waals surface area contributed by atoms with Crippen LogP contribution in [0.4, 0.5) is 0 Å². The highest BCUT2D eigenvalue weighted by Crippen LogP contribution is 2.70. The maximum Gasteiger partial charge on any atom is 0.127 e. The summed E-state index contributed by atoms with van der Waals surface area (Å²) in [5, 5.41) is 0. The average Bonchev–Trinajstić information content (AvgIpc) is 2.94. The Morgan fingerprint density at radius 1 is 1.12 bits per heavy atom. The zero-order valence-electron chi connectivity index (χ0n) is 15.5. The summed E-state index contributed by atoms with van der Waals surface area (Å²) >= 11 is 13.0. The van der Waals surface area contributed by atoms with E-state index in [9.17, 15) is 0 Å². The van der Waals surface area contributed by atoms with Gasteiger partial charge in [0.05, 0.1) is 12.2 Å². The third kappa shape index (κ3) is 2.71. The van der Waals surface area contributed by atoms with Crippen molar-refractivity contribution >= 4 is 23.2 Å². The minimum atomic E-state index is -0.604. The summed E-state index contributed by atoms with van der Waals surface area (Å²) in [6, 6.07) is 8.34. The molecule has 0 radical (unpaired) electrons. The van der Waals surface area contributed by atoms with Crippen LogP contribution in [0.25, 0.3) is 0 Å². The molecule has 0 aromatic heterocycles. The standard InChI is InChI=1S/C21H28Cl2O2/c1-13-9-10-15-18(24-13)14-7-5-6-8-16(14)25-20(15,4)12-11-17-19(2,3)21(17,22)23/h5-8,13,15,17-18H,9-12H2,1-4H3/t13-,15-,17+,18+,20+/m1/s1. The van der Waals surface area contributed by atoms with Crippen LogP contribution in [0.15, 0.2) is 24.3 Å². The molecular formula is C21H28Cl2O2. The predicted molar refractivity (Wildman–Crippen MR) is 102 cm³/mol. The number of hydrogen-bond acceptors (Lipinski definition) is 2. The first kappa shape index (κ1) is 17.9. The summed E-state index contributed by atoms with van der Waals surface area (Å²) in [6.45, 7) is 8.74. The fourth-order valence-corrected chi connectivity index (χ4v) is 5.91. The summed E-state index contributed by atoms with van der Waals surface area (Å²) in [4.78, 5) is 0. The van der Waals surface area contributed by atoms with E-state index in [1.54, 1.807) is 0 Å². The summed E-state index contributed by atoms with van der Waals surface area (Å²) in [5.74, 6) is 1.67. The van der Waals surface area contributed by atoms with E-state index in [1.807, 2.05) is 6.07 Å². The van der Waals surface area contributed by atoms with Crippen LogP contribution >= 0.6 is 23.2 Å². The molecular weight excluding hydrogens is 355 g/mol. The van der Waals surface area contributed by atoms with E-state index in [-0.39, 0.29) is 17.1 Å². The maximum atomic E-state index is 6.57. The first-order valence-corrected chi connectivity index (χ1v) is 10.2. The number of benzene rings is 1. The van der Waals surface area contributed by atoms with Crippen molar-refractivity contribution in [1.82, 2.24) is 0 Å². The molecule has 2 nitrogen and oxygen atoms in total. The summed E-state index contributed by atoms with van der Waals surface area (Å²) in [5.41, 5.74) is 0.949. The van der Waals surface area contributed by atoms with Gasteiger partial charge in [0, 0.05) is 22.8 Å². The third-order valence-electron chi connectivity index (χ3n) is 7.00. The van der Waals surface area contributed by atoms with Crippen molar-refractivity contribution in [1.29, 1.82) is 0 Å². The summed E-state index contributed by atoms with van der Waals surface area (Å²) in [7, 11) is 0. The Labute approximate surface area is 161 Å². The minimum Gasteiger partial charge on any atom is -0.487 e. The Kier molecular flexibility index (Phi) is 4.15. The van der Waals surface area contributed by atoms with Gasteiger partial charge in [0.15, 0.2) is 0 Å². The molecule has 3 aliphatic rings. The average molecular weight is 383 g/mol. The molecule has 1 aliphatic carbocycles. The van der Waals surface area contributed by atoms with Gasteiger partial charge in [-0.3, -0.25) is 0 Å². The fourth-order valence-electron chi connectivity index (χ4n) is 5.00. The molecule has 2 fully saturated rings. The highest BCUT2D eigenvalue weighted by Gasteiger charge is 2.69. The molecule has 2 heterocycles. The number of halogens is 2. The molecule has 5 atom stereocenters. The molecule has 1 aromatic carbocycles. The van der Waals surface area contributed by atoms with Crippen LogP contribution in [-0.2, 0) is 4.74 Å². The van der Waals surface area contributed by atoms with E-state index in [4.69, 9.17) is 32.7 Å². The number of hydrogen-bond donors (Lipinski definition) is 0. The summed E-state index contributed by atoms with van der Waals surface area (Å²) in [6.07, 6.45) is 4.59. The van der Waals surface area contributed by atoms with E-state index in [0.29, 0.717) is 17.9 Å². The second kappa shape index (κ2) is 5.78. The number of alkyl halides is 2. The number of ether oxygens (including phenoxy) is 2. The maximum absolute atomic E-state index is 6.57. The summed E-state index contributed by atoms with van der Waals surface area (Å²) < 4.78 is 12.4. The van der Waals surface area contributed by atoms with Crippen molar-refractivity contribution < 1.29 is 9.47 Å². The molecule has 1 saturated carbocycles. The van der Waals surface area contributed by atoms with Crippen LogP contribution in [0.1, 0.15) is 65.0 Å². The van der Waals surface area contributed by atoms with Crippen molar-refractivity contribution in [2.24, 2.45) is 17.3 Å². The minimum absolute atomic E-state index is 0.0178. The quantitative estimate of drug-likeness (QED) is 0.570. The lowest BCUT2D eigenvalue weighted by atomic mass is 9.72. The SMILES string of the molecule is C[C@@H]1CC[C@@H]2[C@@H](O1)c1ccccc1O[C@@]2(C)CC[C@H]1C(C)(C)C1(Cl)Cl. The highest BCUT2D eigenvalue weighted by atomic mass is 35.5. The lowest BCUT2D eigenvalue weighted by Crippen LogP contribution is -2.50. The lowest BCUT2D eigenvalue weighted by molar-refractivity contribution is -0.153. The van der Waals surface area contributed by atoms with Gasteiger partial charge >= 0.3 is 0 Å². The lowest BCUT2D eigenvalue weighted by Gasteiger charge is -2.50. The molecule has 0 unspecified atom stereocenters. The largest absolute Gasteiger partial charge is 0.487 e. The number of fused-ring (bicyclic) bond motifs is 3. The molecule has 1 aromatic rings. The highest BCUT2D eigenvalue weighted by molar-refractivity contribution is 6.51. The molecule has 4 heteroatoms. The van der Waals surface area contributed by atoms with Gasteiger partial charge in [-0.25, -0.2) is 0 Å². The van der Waals surface area contributed by atoms with Crippen molar-refractivity contribution in [3.63, 3.8) is 0 Å². The molecule has 1 saturated heterocycles. The van der Waals surface area contributed by atoms with Crippen LogP contribution in [0.5, 0.6) is 5.75 Å². The van der Waals surface area contributed by atoms with Gasteiger partial charge in [-0.1, -0.05) is 32.0 Å². The van der Waals surface area contributed by atoms with Gasteiger partial charge < -0.3 is 9.47 Å². The van der Waals surface area contributed by atoms with Crippen LogP contribution in [-0.4, -0.2) is 16.0 Å². The number of para-hydroxylation sites is 1. The van der Waals surface area contributed by atoms with E-state index in [2.05, 4.69) is 45.9 Å². The molecule has 138 valence electrons. The Morgan fingerprint density at radius 2 is 1.80 bits per heavy atom. The first-order chi connectivity index (χ1) is 11.7. The Morgan fingerprint density at radius 3 is 2.48 bits per heavy atom. The third-order valence-corrected chi connectivity index (χ3v) is 8.50. The van der Waals surface area contributed by atoms with Gasteiger partial charge in [-0.15, -0.1) is 23.2 Å². The van der Waals surface area contributed by atoms with E-state index in [0.717, 1.165) is 31.4 Å². The predicted octanol–water partition coefficient (Wildman–Crippen LogP) is 6.30. The van der Waals surface area contributed by atoms with E-state index >= 15 is 0 Å². The van der Waals surface area contributed by atoms with Crippen LogP contribution in [0, 0.1) is 17.3 Å². The molecule has 0 spiro atoms. The smallest absolute Gasteiger partial charge is 0.127 e. The van der Waals surface area contributed by atoms with Gasteiger partial charge in [0.25, 0.3) is 0 Å². The van der Waals surface area contributed by atoms with Gasteiger partial charge in [0.2, 0.25) is 0 Å². The number of rotatable bonds is 3. The van der Waals surface area contributed by atoms with E-state index in [1.165, 1.54) is 5.56 Å².